The van der Waals surface area contributed by atoms with Gasteiger partial charge in [-0.25, -0.2) is 4.52 Å². The van der Waals surface area contributed by atoms with Crippen LogP contribution in [0.2, 0.25) is 0 Å². The predicted molar refractivity (Wildman–Crippen MR) is 132 cm³/mol. The second-order valence-corrected chi connectivity index (χ2v) is 9.89. The summed E-state index contributed by atoms with van der Waals surface area (Å²) < 4.78 is 9.14. The van der Waals surface area contributed by atoms with Gasteiger partial charge in [0.15, 0.2) is 0 Å². The number of pyridine rings is 1. The predicted octanol–water partition coefficient (Wildman–Crippen LogP) is 2.66. The van der Waals surface area contributed by atoms with E-state index in [9.17, 15) is 14.9 Å². The molecule has 1 unspecified atom stereocenters. The number of nitrogens with zero attached hydrogens (tertiary/aromatic N) is 7. The topological polar surface area (TPSA) is 109 Å². The molecule has 2 fully saturated rings. The van der Waals surface area contributed by atoms with Crippen LogP contribution in [-0.2, 0) is 9.59 Å². The summed E-state index contributed by atoms with van der Waals surface area (Å²) >= 11 is 0. The maximum absolute atomic E-state index is 13.2. The van der Waals surface area contributed by atoms with Gasteiger partial charge < -0.3 is 14.5 Å². The first kappa shape index (κ1) is 23.6. The number of methoxy groups -OCH3 is 1. The number of carbonyl (C=O) groups excluding carboxylic acids is 2. The first-order valence-electron chi connectivity index (χ1n) is 12.0. The van der Waals surface area contributed by atoms with Crippen molar-refractivity contribution in [2.75, 3.05) is 26.7 Å². The van der Waals surface area contributed by atoms with E-state index in [0.29, 0.717) is 36.5 Å². The molecule has 0 saturated carbocycles. The monoisotopic (exact) mass is 487 g/mol. The van der Waals surface area contributed by atoms with E-state index in [0.717, 1.165) is 24.0 Å². The Morgan fingerprint density at radius 2 is 1.94 bits per heavy atom. The maximum atomic E-state index is 13.2. The molecular weight excluding hydrogens is 458 g/mol. The summed E-state index contributed by atoms with van der Waals surface area (Å²) in [4.78, 5) is 28.8. The smallest absolute Gasteiger partial charge is 0.246 e. The Hall–Kier alpha value is -4.13. The fraction of sp³-hybridized carbons (Fsp3) is 0.423. The van der Waals surface area contributed by atoms with Crippen LogP contribution in [0.5, 0.6) is 5.75 Å². The third-order valence-electron chi connectivity index (χ3n) is 7.65. The zero-order chi connectivity index (χ0) is 25.6. The van der Waals surface area contributed by atoms with Crippen LogP contribution in [0.3, 0.4) is 0 Å². The molecule has 0 aromatic carbocycles. The van der Waals surface area contributed by atoms with Gasteiger partial charge in [0.2, 0.25) is 11.8 Å². The molecule has 1 atom stereocenters. The van der Waals surface area contributed by atoms with E-state index in [1.54, 1.807) is 16.5 Å². The Balaban J connectivity index is 1.26. The first-order chi connectivity index (χ1) is 17.3. The highest BCUT2D eigenvalue weighted by Gasteiger charge is 2.53. The Morgan fingerprint density at radius 3 is 2.58 bits per heavy atom. The lowest BCUT2D eigenvalue weighted by Crippen LogP contribution is -2.69. The van der Waals surface area contributed by atoms with Gasteiger partial charge in [-0.2, -0.15) is 15.5 Å². The fourth-order valence-corrected chi connectivity index (χ4v) is 5.32. The molecule has 3 aromatic rings. The van der Waals surface area contributed by atoms with Gasteiger partial charge in [-0.05, 0) is 38.8 Å². The van der Waals surface area contributed by atoms with Gasteiger partial charge in [0.1, 0.15) is 22.9 Å². The molecule has 0 radical (unpaired) electrons. The quantitative estimate of drug-likeness (QED) is 0.512. The molecular formula is C26H29N7O3. The number of hydrogen-bond acceptors (Lipinski definition) is 6. The van der Waals surface area contributed by atoms with Crippen LogP contribution < -0.4 is 4.74 Å². The molecule has 2 aliphatic rings. The molecule has 36 heavy (non-hydrogen) atoms. The van der Waals surface area contributed by atoms with E-state index >= 15 is 0 Å². The third kappa shape index (κ3) is 3.71. The molecule has 0 bridgehead atoms. The highest BCUT2D eigenvalue weighted by Crippen LogP contribution is 2.38. The van der Waals surface area contributed by atoms with Crippen LogP contribution in [0.25, 0.3) is 16.6 Å². The maximum Gasteiger partial charge on any atom is 0.246 e. The number of carbonyl (C=O) groups is 2. The molecule has 0 spiro atoms. The number of ether oxygens (including phenoxy) is 1. The number of aromatic nitrogens is 4. The summed E-state index contributed by atoms with van der Waals surface area (Å²) in [5.74, 6) is 0.368. The Bertz CT molecular complexity index is 1390. The number of fused-ring (bicyclic) bond motifs is 1. The number of amides is 2. The molecule has 5 heterocycles. The van der Waals surface area contributed by atoms with E-state index in [-0.39, 0.29) is 23.8 Å². The van der Waals surface area contributed by atoms with E-state index in [4.69, 9.17) is 4.74 Å². The molecule has 3 aromatic heterocycles. The van der Waals surface area contributed by atoms with Gasteiger partial charge in [-0.15, -0.1) is 0 Å². The van der Waals surface area contributed by atoms with Crippen LogP contribution in [0.4, 0.5) is 0 Å². The minimum absolute atomic E-state index is 0.115. The van der Waals surface area contributed by atoms with E-state index < -0.39 is 5.54 Å². The van der Waals surface area contributed by atoms with Crippen molar-refractivity contribution in [2.24, 2.45) is 5.92 Å². The molecule has 2 amide bonds. The standard InChI is InChI=1S/C26H29N7O3/c1-5-23(34)31-16-21(26(31,2)3)25(35)30-8-6-20(7-9-30)32-15-19(13-28-32)17-10-22(36-4)24-18(11-27)12-29-33(24)14-17/h5,10,12-15,20-21H,1,6-9,16H2,2-4H3. The molecule has 10 nitrogen and oxygen atoms in total. The fourth-order valence-electron chi connectivity index (χ4n) is 5.32. The molecule has 2 aliphatic heterocycles. The number of nitriles is 1. The summed E-state index contributed by atoms with van der Waals surface area (Å²) in [5.41, 5.74) is 2.41. The van der Waals surface area contributed by atoms with E-state index in [1.165, 1.54) is 12.3 Å². The van der Waals surface area contributed by atoms with Crippen molar-refractivity contribution in [2.45, 2.75) is 38.3 Å². The van der Waals surface area contributed by atoms with Crippen LogP contribution >= 0.6 is 0 Å². The molecule has 0 aliphatic carbocycles. The molecule has 2 saturated heterocycles. The lowest BCUT2D eigenvalue weighted by molar-refractivity contribution is -0.163. The average molecular weight is 488 g/mol. The number of likely N-dealkylation sites (tertiary alicyclic amines) is 2. The highest BCUT2D eigenvalue weighted by atomic mass is 16.5. The van der Waals surface area contributed by atoms with Crippen molar-refractivity contribution in [3.8, 4) is 22.9 Å². The van der Waals surface area contributed by atoms with Gasteiger partial charge in [-0.3, -0.25) is 14.3 Å². The number of piperidine rings is 1. The largest absolute Gasteiger partial charge is 0.494 e. The number of rotatable bonds is 5. The zero-order valence-electron chi connectivity index (χ0n) is 20.7. The Morgan fingerprint density at radius 1 is 1.19 bits per heavy atom. The summed E-state index contributed by atoms with van der Waals surface area (Å²) in [6.45, 7) is 9.19. The van der Waals surface area contributed by atoms with E-state index in [1.807, 2.05) is 48.1 Å². The van der Waals surface area contributed by atoms with Crippen molar-refractivity contribution >= 4 is 17.3 Å². The summed E-state index contributed by atoms with van der Waals surface area (Å²) in [5, 5.41) is 18.2. The number of hydrogen-bond donors (Lipinski definition) is 0. The van der Waals surface area contributed by atoms with Crippen LogP contribution in [0.15, 0.2) is 43.5 Å². The summed E-state index contributed by atoms with van der Waals surface area (Å²) in [6.07, 6.45) is 10.1. The normalized spacial score (nSPS) is 19.6. The lowest BCUT2D eigenvalue weighted by Gasteiger charge is -2.55. The SMILES string of the molecule is C=CC(=O)N1CC(C(=O)N2CCC(n3cc(-c4cc(OC)c5c(C#N)cnn5c4)cn3)CC2)C1(C)C. The first-order valence-corrected chi connectivity index (χ1v) is 12.0. The van der Waals surface area contributed by atoms with Gasteiger partial charge in [-0.1, -0.05) is 6.58 Å². The van der Waals surface area contributed by atoms with Crippen molar-refractivity contribution in [3.05, 3.63) is 49.1 Å². The summed E-state index contributed by atoms with van der Waals surface area (Å²) in [7, 11) is 1.57. The van der Waals surface area contributed by atoms with Crippen molar-refractivity contribution in [1.29, 1.82) is 5.26 Å². The van der Waals surface area contributed by atoms with Gasteiger partial charge in [0, 0.05) is 43.2 Å². The van der Waals surface area contributed by atoms with Crippen LogP contribution in [0, 0.1) is 17.2 Å². The second kappa shape index (κ2) is 8.82. The van der Waals surface area contributed by atoms with Gasteiger partial charge in [0.05, 0.1) is 37.0 Å². The van der Waals surface area contributed by atoms with Gasteiger partial charge >= 0.3 is 0 Å². The van der Waals surface area contributed by atoms with Crippen molar-refractivity contribution in [1.82, 2.24) is 29.2 Å². The lowest BCUT2D eigenvalue weighted by atomic mass is 9.75. The molecule has 10 heteroatoms. The minimum atomic E-state index is -0.499. The van der Waals surface area contributed by atoms with Gasteiger partial charge in [0.25, 0.3) is 0 Å². The Kier molecular flexibility index (Phi) is 5.79. The van der Waals surface area contributed by atoms with Crippen molar-refractivity contribution < 1.29 is 14.3 Å². The zero-order valence-corrected chi connectivity index (χ0v) is 20.7. The van der Waals surface area contributed by atoms with Crippen LogP contribution in [-0.4, -0.2) is 73.3 Å². The summed E-state index contributed by atoms with van der Waals surface area (Å²) in [6, 6.07) is 4.22. The third-order valence-corrected chi connectivity index (χ3v) is 7.65. The van der Waals surface area contributed by atoms with Crippen molar-refractivity contribution in [3.63, 3.8) is 0 Å². The average Bonchev–Trinajstić information content (AvgIpc) is 3.55. The molecule has 186 valence electrons. The highest BCUT2D eigenvalue weighted by molar-refractivity contribution is 5.91. The Labute approximate surface area is 209 Å². The second-order valence-electron chi connectivity index (χ2n) is 9.89. The molecule has 5 rings (SSSR count). The van der Waals surface area contributed by atoms with Crippen LogP contribution in [0.1, 0.15) is 38.3 Å². The van der Waals surface area contributed by atoms with E-state index in [2.05, 4.69) is 22.8 Å². The molecule has 0 N–H and O–H groups in total. The minimum Gasteiger partial charge on any atom is -0.494 e.